The van der Waals surface area contributed by atoms with Gasteiger partial charge in [-0.2, -0.15) is 4.52 Å². The van der Waals surface area contributed by atoms with Crippen LogP contribution in [0.3, 0.4) is 0 Å². The van der Waals surface area contributed by atoms with Crippen LogP contribution in [0.25, 0.3) is 33.4 Å². The summed E-state index contributed by atoms with van der Waals surface area (Å²) in [6.45, 7) is 1.76. The minimum absolute atomic E-state index is 0.790. The Labute approximate surface area is 180 Å². The molecule has 5 heteroatoms. The fourth-order valence-electron chi connectivity index (χ4n) is 4.35. The number of anilines is 1. The molecule has 5 nitrogen and oxygen atoms in total. The standard InChI is InChI=1S/C26H21N5/c1-3-9-19(10-4-1)20-15-17-30(18-16-20)25-22-13-7-8-14-23(22)31-26(27-25)24(28-29-31)21-11-5-2-6-12-21/h1-15H,16-18H2. The Bertz CT molecular complexity index is 1400. The normalized spacial score (nSPS) is 14.2. The zero-order chi connectivity index (χ0) is 20.6. The highest BCUT2D eigenvalue weighted by Gasteiger charge is 2.21. The molecule has 0 N–H and O–H groups in total. The van der Waals surface area contributed by atoms with Crippen molar-refractivity contribution >= 4 is 27.9 Å². The van der Waals surface area contributed by atoms with Crippen LogP contribution >= 0.6 is 0 Å². The molecule has 0 amide bonds. The van der Waals surface area contributed by atoms with E-state index in [2.05, 4.69) is 82.0 Å². The molecule has 0 saturated heterocycles. The average Bonchev–Trinajstić information content (AvgIpc) is 3.29. The Balaban J connectivity index is 1.47. The lowest BCUT2D eigenvalue weighted by Gasteiger charge is -2.28. The zero-order valence-electron chi connectivity index (χ0n) is 17.0. The van der Waals surface area contributed by atoms with E-state index in [1.165, 1.54) is 11.1 Å². The van der Waals surface area contributed by atoms with E-state index in [9.17, 15) is 0 Å². The molecular weight excluding hydrogens is 382 g/mol. The SMILES string of the molecule is C1=C(c2ccccc2)CCN(c2nc3c(-c4ccccc4)nnn3c3ccccc23)C1. The van der Waals surface area contributed by atoms with Crippen molar-refractivity contribution in [2.75, 3.05) is 18.0 Å². The third-order valence-corrected chi connectivity index (χ3v) is 5.93. The van der Waals surface area contributed by atoms with Crippen molar-refractivity contribution in [3.63, 3.8) is 0 Å². The van der Waals surface area contributed by atoms with Crippen molar-refractivity contribution in [3.8, 4) is 11.3 Å². The minimum Gasteiger partial charge on any atom is -0.352 e. The molecule has 3 aromatic carbocycles. The average molecular weight is 403 g/mol. The van der Waals surface area contributed by atoms with Crippen LogP contribution in [-0.2, 0) is 0 Å². The van der Waals surface area contributed by atoms with Gasteiger partial charge in [0.05, 0.1) is 5.52 Å². The van der Waals surface area contributed by atoms with Crippen LogP contribution < -0.4 is 4.90 Å². The molecule has 0 spiro atoms. The van der Waals surface area contributed by atoms with Gasteiger partial charge in [0.1, 0.15) is 11.5 Å². The number of rotatable bonds is 3. The third kappa shape index (κ3) is 3.06. The van der Waals surface area contributed by atoms with Crippen LogP contribution in [-0.4, -0.2) is 32.9 Å². The van der Waals surface area contributed by atoms with E-state index in [0.29, 0.717) is 0 Å². The van der Waals surface area contributed by atoms with Gasteiger partial charge in [0.2, 0.25) is 0 Å². The van der Waals surface area contributed by atoms with Crippen molar-refractivity contribution in [1.29, 1.82) is 0 Å². The van der Waals surface area contributed by atoms with Crippen molar-refractivity contribution in [2.45, 2.75) is 6.42 Å². The minimum atomic E-state index is 0.790. The van der Waals surface area contributed by atoms with Crippen molar-refractivity contribution in [1.82, 2.24) is 19.8 Å². The molecule has 1 aliphatic heterocycles. The van der Waals surface area contributed by atoms with Crippen molar-refractivity contribution < 1.29 is 0 Å². The Morgan fingerprint density at radius 3 is 2.19 bits per heavy atom. The summed E-state index contributed by atoms with van der Waals surface area (Å²) in [7, 11) is 0. The van der Waals surface area contributed by atoms with Gasteiger partial charge in [-0.1, -0.05) is 84.1 Å². The second kappa shape index (κ2) is 7.36. The Hall–Kier alpha value is -3.99. The fraction of sp³-hybridized carbons (Fsp3) is 0.115. The maximum Gasteiger partial charge on any atom is 0.186 e. The van der Waals surface area contributed by atoms with Crippen LogP contribution in [0.1, 0.15) is 12.0 Å². The van der Waals surface area contributed by atoms with E-state index >= 15 is 0 Å². The lowest BCUT2D eigenvalue weighted by molar-refractivity contribution is 0.816. The quantitative estimate of drug-likeness (QED) is 0.413. The van der Waals surface area contributed by atoms with Gasteiger partial charge in [-0.3, -0.25) is 0 Å². The van der Waals surface area contributed by atoms with Crippen LogP contribution in [0.15, 0.2) is 91.0 Å². The van der Waals surface area contributed by atoms with Gasteiger partial charge in [0, 0.05) is 24.0 Å². The number of benzene rings is 3. The van der Waals surface area contributed by atoms with E-state index in [1.807, 2.05) is 28.8 Å². The molecule has 0 aliphatic carbocycles. The van der Waals surface area contributed by atoms with Gasteiger partial charge in [0.15, 0.2) is 5.65 Å². The van der Waals surface area contributed by atoms with Gasteiger partial charge >= 0.3 is 0 Å². The smallest absolute Gasteiger partial charge is 0.186 e. The third-order valence-electron chi connectivity index (χ3n) is 5.93. The molecule has 1 aliphatic rings. The van der Waals surface area contributed by atoms with Crippen molar-refractivity contribution in [2.24, 2.45) is 0 Å². The summed E-state index contributed by atoms with van der Waals surface area (Å²) in [6.07, 6.45) is 3.32. The first-order chi connectivity index (χ1) is 15.4. The molecule has 0 bridgehead atoms. The van der Waals surface area contributed by atoms with E-state index in [-0.39, 0.29) is 0 Å². The number of hydrogen-bond acceptors (Lipinski definition) is 4. The summed E-state index contributed by atoms with van der Waals surface area (Å²) in [6, 6.07) is 29.1. The maximum absolute atomic E-state index is 5.10. The number of hydrogen-bond donors (Lipinski definition) is 0. The predicted molar refractivity (Wildman–Crippen MR) is 125 cm³/mol. The lowest BCUT2D eigenvalue weighted by atomic mass is 9.99. The summed E-state index contributed by atoms with van der Waals surface area (Å²) in [5.74, 6) is 0.992. The first-order valence-corrected chi connectivity index (χ1v) is 10.6. The van der Waals surface area contributed by atoms with E-state index in [4.69, 9.17) is 4.98 Å². The lowest BCUT2D eigenvalue weighted by Crippen LogP contribution is -2.29. The molecular formula is C26H21N5. The highest BCUT2D eigenvalue weighted by atomic mass is 15.4. The Morgan fingerprint density at radius 2 is 1.45 bits per heavy atom. The molecule has 3 heterocycles. The van der Waals surface area contributed by atoms with Crippen LogP contribution in [0.2, 0.25) is 0 Å². The predicted octanol–water partition coefficient (Wildman–Crippen LogP) is 5.24. The molecule has 0 atom stereocenters. The number of nitrogens with zero attached hydrogens (tertiary/aromatic N) is 5. The van der Waals surface area contributed by atoms with Gasteiger partial charge in [-0.15, -0.1) is 5.10 Å². The Kier molecular flexibility index (Phi) is 4.24. The largest absolute Gasteiger partial charge is 0.352 e. The van der Waals surface area contributed by atoms with Gasteiger partial charge in [0.25, 0.3) is 0 Å². The second-order valence-corrected chi connectivity index (χ2v) is 7.78. The van der Waals surface area contributed by atoms with Crippen molar-refractivity contribution in [3.05, 3.63) is 96.6 Å². The topological polar surface area (TPSA) is 46.3 Å². The second-order valence-electron chi connectivity index (χ2n) is 7.78. The summed E-state index contributed by atoms with van der Waals surface area (Å²) >= 11 is 0. The molecule has 31 heavy (non-hydrogen) atoms. The summed E-state index contributed by atoms with van der Waals surface area (Å²) in [4.78, 5) is 7.45. The summed E-state index contributed by atoms with van der Waals surface area (Å²) in [5, 5.41) is 10.0. The molecule has 150 valence electrons. The number of aromatic nitrogens is 4. The summed E-state index contributed by atoms with van der Waals surface area (Å²) < 4.78 is 1.86. The van der Waals surface area contributed by atoms with Gasteiger partial charge in [-0.05, 0) is 29.7 Å². The molecule has 2 aromatic heterocycles. The molecule has 5 aromatic rings. The Morgan fingerprint density at radius 1 is 0.742 bits per heavy atom. The molecule has 0 saturated carbocycles. The molecule has 0 fully saturated rings. The molecule has 0 radical (unpaired) electrons. The monoisotopic (exact) mass is 403 g/mol. The molecule has 6 rings (SSSR count). The molecule has 0 unspecified atom stereocenters. The van der Waals surface area contributed by atoms with Crippen LogP contribution in [0, 0.1) is 0 Å². The zero-order valence-corrected chi connectivity index (χ0v) is 17.0. The first kappa shape index (κ1) is 17.8. The van der Waals surface area contributed by atoms with E-state index in [1.54, 1.807) is 0 Å². The number of fused-ring (bicyclic) bond motifs is 3. The van der Waals surface area contributed by atoms with Gasteiger partial charge in [-0.25, -0.2) is 4.98 Å². The van der Waals surface area contributed by atoms with E-state index < -0.39 is 0 Å². The maximum atomic E-state index is 5.10. The van der Waals surface area contributed by atoms with Gasteiger partial charge < -0.3 is 4.90 Å². The first-order valence-electron chi connectivity index (χ1n) is 10.6. The highest BCUT2D eigenvalue weighted by molar-refractivity contribution is 5.94. The van der Waals surface area contributed by atoms with E-state index in [0.717, 1.165) is 53.1 Å². The fourth-order valence-corrected chi connectivity index (χ4v) is 4.35. The van der Waals surface area contributed by atoms with Crippen LogP contribution in [0.4, 0.5) is 5.82 Å². The summed E-state index contributed by atoms with van der Waals surface area (Å²) in [5.41, 5.74) is 6.36. The number of para-hydroxylation sites is 1. The van der Waals surface area contributed by atoms with Crippen LogP contribution in [0.5, 0.6) is 0 Å². The highest BCUT2D eigenvalue weighted by Crippen LogP contribution is 2.32.